The van der Waals surface area contributed by atoms with E-state index in [0.717, 1.165) is 19.4 Å². The summed E-state index contributed by atoms with van der Waals surface area (Å²) in [4.78, 5) is 13.1. The highest BCUT2D eigenvalue weighted by molar-refractivity contribution is 5.95. The molecule has 0 amide bonds. The fourth-order valence-electron chi connectivity index (χ4n) is 3.25. The number of aliphatic hydroxyl groups excluding tert-OH is 1. The SMILES string of the molecule is CCCCNCC(O)COc1cc(OCC)c2c(=O)c3cccc(OC)c3oc2c1. The van der Waals surface area contributed by atoms with Gasteiger partial charge in [-0.1, -0.05) is 19.4 Å². The second-order valence-electron chi connectivity index (χ2n) is 7.02. The molecule has 0 radical (unpaired) electrons. The Bertz CT molecular complexity index is 1050. The third-order valence-corrected chi connectivity index (χ3v) is 4.75. The fourth-order valence-corrected chi connectivity index (χ4v) is 3.25. The molecule has 0 spiro atoms. The first-order valence-corrected chi connectivity index (χ1v) is 10.3. The maximum absolute atomic E-state index is 13.1. The summed E-state index contributed by atoms with van der Waals surface area (Å²) in [6.07, 6.45) is 1.50. The lowest BCUT2D eigenvalue weighted by Crippen LogP contribution is -2.31. The van der Waals surface area contributed by atoms with Gasteiger partial charge in [0.05, 0.1) is 19.1 Å². The van der Waals surface area contributed by atoms with Crippen LogP contribution in [0, 0.1) is 0 Å². The van der Waals surface area contributed by atoms with E-state index in [-0.39, 0.29) is 12.0 Å². The molecule has 3 rings (SSSR count). The molecule has 1 aromatic heterocycles. The molecular weight excluding hydrogens is 386 g/mol. The van der Waals surface area contributed by atoms with E-state index in [1.807, 2.05) is 6.92 Å². The number of aliphatic hydroxyl groups is 1. The molecule has 0 saturated carbocycles. The molecule has 0 saturated heterocycles. The summed E-state index contributed by atoms with van der Waals surface area (Å²) in [5.41, 5.74) is 0.520. The second kappa shape index (κ2) is 10.3. The van der Waals surface area contributed by atoms with Gasteiger partial charge in [0, 0.05) is 18.7 Å². The van der Waals surface area contributed by atoms with Crippen LogP contribution >= 0.6 is 0 Å². The van der Waals surface area contributed by atoms with Crippen molar-refractivity contribution >= 4 is 21.9 Å². The van der Waals surface area contributed by atoms with Gasteiger partial charge >= 0.3 is 0 Å². The predicted molar refractivity (Wildman–Crippen MR) is 117 cm³/mol. The van der Waals surface area contributed by atoms with Gasteiger partial charge in [0.25, 0.3) is 0 Å². The number of hydrogen-bond acceptors (Lipinski definition) is 7. The van der Waals surface area contributed by atoms with Crippen molar-refractivity contribution in [1.82, 2.24) is 5.32 Å². The third kappa shape index (κ3) is 4.86. The van der Waals surface area contributed by atoms with Crippen molar-refractivity contribution in [3.05, 3.63) is 40.6 Å². The Morgan fingerprint density at radius 2 is 2.00 bits per heavy atom. The van der Waals surface area contributed by atoms with Gasteiger partial charge in [0.15, 0.2) is 11.3 Å². The van der Waals surface area contributed by atoms with Crippen molar-refractivity contribution in [3.63, 3.8) is 0 Å². The lowest BCUT2D eigenvalue weighted by atomic mass is 10.1. The zero-order valence-corrected chi connectivity index (χ0v) is 17.7. The first kappa shape index (κ1) is 21.9. The summed E-state index contributed by atoms with van der Waals surface area (Å²) in [5.74, 6) is 1.32. The summed E-state index contributed by atoms with van der Waals surface area (Å²) in [6, 6.07) is 8.49. The van der Waals surface area contributed by atoms with E-state index in [2.05, 4.69) is 12.2 Å². The van der Waals surface area contributed by atoms with Crippen molar-refractivity contribution in [2.24, 2.45) is 0 Å². The topological polar surface area (TPSA) is 90.2 Å². The van der Waals surface area contributed by atoms with Crippen LogP contribution < -0.4 is 25.0 Å². The molecule has 7 heteroatoms. The van der Waals surface area contributed by atoms with Gasteiger partial charge in [0.1, 0.15) is 35.2 Å². The van der Waals surface area contributed by atoms with Crippen LogP contribution in [-0.2, 0) is 0 Å². The van der Waals surface area contributed by atoms with Crippen molar-refractivity contribution in [2.75, 3.05) is 33.4 Å². The molecule has 0 bridgehead atoms. The van der Waals surface area contributed by atoms with E-state index in [4.69, 9.17) is 18.6 Å². The molecule has 2 N–H and O–H groups in total. The van der Waals surface area contributed by atoms with Crippen LogP contribution in [0.25, 0.3) is 21.9 Å². The molecule has 162 valence electrons. The average Bonchev–Trinajstić information content (AvgIpc) is 2.75. The van der Waals surface area contributed by atoms with Gasteiger partial charge in [-0.2, -0.15) is 0 Å². The highest BCUT2D eigenvalue weighted by atomic mass is 16.5. The maximum atomic E-state index is 13.1. The minimum Gasteiger partial charge on any atom is -0.493 e. The van der Waals surface area contributed by atoms with Crippen molar-refractivity contribution < 1.29 is 23.7 Å². The van der Waals surface area contributed by atoms with Crippen LogP contribution in [0.2, 0.25) is 0 Å². The molecule has 1 heterocycles. The molecular formula is C23H29NO6. The Labute approximate surface area is 175 Å². The van der Waals surface area contributed by atoms with Crippen LogP contribution in [0.4, 0.5) is 0 Å². The van der Waals surface area contributed by atoms with Crippen LogP contribution in [0.1, 0.15) is 26.7 Å². The molecule has 0 aliphatic heterocycles. The number of methoxy groups -OCH3 is 1. The quantitative estimate of drug-likeness (QED) is 0.366. The number of benzene rings is 2. The fraction of sp³-hybridized carbons (Fsp3) is 0.435. The summed E-state index contributed by atoms with van der Waals surface area (Å²) in [5, 5.41) is 14.1. The lowest BCUT2D eigenvalue weighted by molar-refractivity contribution is 0.106. The van der Waals surface area contributed by atoms with Crippen molar-refractivity contribution in [1.29, 1.82) is 0 Å². The number of fused-ring (bicyclic) bond motifs is 2. The monoisotopic (exact) mass is 415 g/mol. The third-order valence-electron chi connectivity index (χ3n) is 4.75. The van der Waals surface area contributed by atoms with Crippen LogP contribution in [0.15, 0.2) is 39.5 Å². The Balaban J connectivity index is 1.93. The van der Waals surface area contributed by atoms with E-state index in [0.29, 0.717) is 52.3 Å². The molecule has 0 fully saturated rings. The minimum atomic E-state index is -0.656. The molecule has 3 aromatic rings. The van der Waals surface area contributed by atoms with Crippen molar-refractivity contribution in [2.45, 2.75) is 32.8 Å². The van der Waals surface area contributed by atoms with Crippen LogP contribution in [0.3, 0.4) is 0 Å². The number of rotatable bonds is 11. The molecule has 0 aliphatic carbocycles. The zero-order valence-electron chi connectivity index (χ0n) is 17.7. The van der Waals surface area contributed by atoms with Gasteiger partial charge in [-0.3, -0.25) is 4.79 Å². The van der Waals surface area contributed by atoms with E-state index >= 15 is 0 Å². The highest BCUT2D eigenvalue weighted by Gasteiger charge is 2.17. The van der Waals surface area contributed by atoms with Gasteiger partial charge in [-0.05, 0) is 32.0 Å². The number of unbranched alkanes of at least 4 members (excludes halogenated alkanes) is 1. The van der Waals surface area contributed by atoms with E-state index in [1.165, 1.54) is 7.11 Å². The van der Waals surface area contributed by atoms with Crippen LogP contribution in [-0.4, -0.2) is 44.6 Å². The number of ether oxygens (including phenoxy) is 3. The first-order valence-electron chi connectivity index (χ1n) is 10.3. The van der Waals surface area contributed by atoms with Gasteiger partial charge < -0.3 is 29.1 Å². The van der Waals surface area contributed by atoms with Gasteiger partial charge in [-0.15, -0.1) is 0 Å². The summed E-state index contributed by atoms with van der Waals surface area (Å²) >= 11 is 0. The average molecular weight is 415 g/mol. The number of hydrogen-bond donors (Lipinski definition) is 2. The summed E-state index contributed by atoms with van der Waals surface area (Å²) < 4.78 is 22.8. The minimum absolute atomic E-state index is 0.108. The Morgan fingerprint density at radius 3 is 2.73 bits per heavy atom. The highest BCUT2D eigenvalue weighted by Crippen LogP contribution is 2.34. The lowest BCUT2D eigenvalue weighted by Gasteiger charge is -2.15. The molecule has 0 aliphatic rings. The molecule has 7 nitrogen and oxygen atoms in total. The normalized spacial score (nSPS) is 12.3. The molecule has 30 heavy (non-hydrogen) atoms. The summed E-state index contributed by atoms with van der Waals surface area (Å²) in [7, 11) is 1.53. The zero-order chi connectivity index (χ0) is 21.5. The Kier molecular flexibility index (Phi) is 7.54. The standard InChI is InChI=1S/C23H29NO6/c1-4-6-10-24-13-15(25)14-29-16-11-19(28-5-2)21-20(12-16)30-23-17(22(21)26)8-7-9-18(23)27-3/h7-9,11-12,15,24-25H,4-6,10,13-14H2,1-3H3. The van der Waals surface area contributed by atoms with Crippen molar-refractivity contribution in [3.8, 4) is 17.2 Å². The second-order valence-corrected chi connectivity index (χ2v) is 7.02. The maximum Gasteiger partial charge on any atom is 0.204 e. The Hall–Kier alpha value is -2.77. The predicted octanol–water partition coefficient (Wildman–Crippen LogP) is 3.48. The smallest absolute Gasteiger partial charge is 0.204 e. The largest absolute Gasteiger partial charge is 0.493 e. The van der Waals surface area contributed by atoms with E-state index < -0.39 is 6.10 Å². The van der Waals surface area contributed by atoms with Gasteiger partial charge in [-0.25, -0.2) is 0 Å². The first-order chi connectivity index (χ1) is 14.6. The molecule has 1 unspecified atom stereocenters. The summed E-state index contributed by atoms with van der Waals surface area (Å²) in [6.45, 7) is 5.77. The number of nitrogens with one attached hydrogen (secondary N) is 1. The van der Waals surface area contributed by atoms with E-state index in [9.17, 15) is 9.90 Å². The van der Waals surface area contributed by atoms with E-state index in [1.54, 1.807) is 30.3 Å². The molecule has 2 aromatic carbocycles. The Morgan fingerprint density at radius 1 is 1.17 bits per heavy atom. The van der Waals surface area contributed by atoms with Crippen LogP contribution in [0.5, 0.6) is 17.2 Å². The number of para-hydroxylation sites is 1. The van der Waals surface area contributed by atoms with Gasteiger partial charge in [0.2, 0.25) is 5.43 Å². The molecule has 1 atom stereocenters.